The monoisotopic (exact) mass is 216 g/mol. The van der Waals surface area contributed by atoms with Crippen LogP contribution in [-0.2, 0) is 11.8 Å². The van der Waals surface area contributed by atoms with E-state index in [1.807, 2.05) is 0 Å². The molecule has 86 valence electrons. The molecule has 0 unspecified atom stereocenters. The van der Waals surface area contributed by atoms with Gasteiger partial charge in [-0.25, -0.2) is 4.58 Å². The lowest BCUT2D eigenvalue weighted by Crippen LogP contribution is -2.26. The Hall–Kier alpha value is -1.11. The number of rotatable bonds is 1. The Morgan fingerprint density at radius 1 is 1.19 bits per heavy atom. The first-order chi connectivity index (χ1) is 7.39. The lowest BCUT2D eigenvalue weighted by Gasteiger charge is -2.17. The van der Waals surface area contributed by atoms with Gasteiger partial charge >= 0.3 is 0 Å². The third-order valence-corrected chi connectivity index (χ3v) is 4.18. The summed E-state index contributed by atoms with van der Waals surface area (Å²) in [6, 6.07) is 4.69. The van der Waals surface area contributed by atoms with Crippen LogP contribution in [0.4, 0.5) is 5.69 Å². The molecule has 2 rings (SSSR count). The zero-order valence-electron chi connectivity index (χ0n) is 11.3. The van der Waals surface area contributed by atoms with Crippen LogP contribution >= 0.6 is 0 Å². The van der Waals surface area contributed by atoms with Gasteiger partial charge in [0.2, 0.25) is 5.69 Å². The molecular weight excluding hydrogens is 194 g/mol. The van der Waals surface area contributed by atoms with Crippen LogP contribution in [0.2, 0.25) is 0 Å². The van der Waals surface area contributed by atoms with E-state index >= 15 is 0 Å². The number of fused-ring (bicyclic) bond motifs is 1. The maximum absolute atomic E-state index is 2.35. The van der Waals surface area contributed by atoms with Crippen LogP contribution in [-0.4, -0.2) is 17.3 Å². The van der Waals surface area contributed by atoms with Crippen molar-refractivity contribution in [2.24, 2.45) is 0 Å². The highest BCUT2D eigenvalue weighted by molar-refractivity contribution is 5.93. The Balaban J connectivity index is 2.75. The molecule has 0 N–H and O–H groups in total. The molecule has 1 aliphatic rings. The van der Waals surface area contributed by atoms with Gasteiger partial charge in [0.1, 0.15) is 7.05 Å². The number of hydrogen-bond donors (Lipinski definition) is 0. The fraction of sp³-hybridized carbons (Fsp3) is 0.533. The minimum Gasteiger partial charge on any atom is -0.202 e. The fourth-order valence-corrected chi connectivity index (χ4v) is 2.90. The summed E-state index contributed by atoms with van der Waals surface area (Å²) >= 11 is 0. The molecule has 1 nitrogen and oxygen atoms in total. The van der Waals surface area contributed by atoms with E-state index in [0.29, 0.717) is 0 Å². The van der Waals surface area contributed by atoms with Crippen molar-refractivity contribution in [1.82, 2.24) is 0 Å². The van der Waals surface area contributed by atoms with E-state index in [1.54, 1.807) is 0 Å². The largest absolute Gasteiger partial charge is 0.209 e. The van der Waals surface area contributed by atoms with Crippen molar-refractivity contribution < 1.29 is 4.58 Å². The SMILES string of the molecule is CCc1cc(C)c2c(c1)[N+](C)=C(C)C2(C)C. The predicted octanol–water partition coefficient (Wildman–Crippen LogP) is 3.58. The molecule has 0 amide bonds. The van der Waals surface area contributed by atoms with Crippen LogP contribution in [0.5, 0.6) is 0 Å². The number of nitrogens with zero attached hydrogens (tertiary/aromatic N) is 1. The van der Waals surface area contributed by atoms with E-state index < -0.39 is 0 Å². The molecule has 16 heavy (non-hydrogen) atoms. The molecule has 0 saturated heterocycles. The summed E-state index contributed by atoms with van der Waals surface area (Å²) in [5, 5.41) is 0. The summed E-state index contributed by atoms with van der Waals surface area (Å²) in [6.07, 6.45) is 1.11. The van der Waals surface area contributed by atoms with Gasteiger partial charge in [0.25, 0.3) is 0 Å². The van der Waals surface area contributed by atoms with E-state index in [0.717, 1.165) is 6.42 Å². The van der Waals surface area contributed by atoms with Gasteiger partial charge in [-0.15, -0.1) is 0 Å². The topological polar surface area (TPSA) is 3.01 Å². The highest BCUT2D eigenvalue weighted by Crippen LogP contribution is 2.41. The lowest BCUT2D eigenvalue weighted by atomic mass is 9.79. The van der Waals surface area contributed by atoms with E-state index in [-0.39, 0.29) is 5.41 Å². The van der Waals surface area contributed by atoms with Crippen molar-refractivity contribution in [3.05, 3.63) is 28.8 Å². The molecule has 0 aromatic heterocycles. The smallest absolute Gasteiger partial charge is 0.202 e. The normalized spacial score (nSPS) is 17.9. The number of hydrogen-bond acceptors (Lipinski definition) is 0. The van der Waals surface area contributed by atoms with Gasteiger partial charge < -0.3 is 0 Å². The average molecular weight is 216 g/mol. The number of benzene rings is 1. The molecule has 1 aromatic carbocycles. The summed E-state index contributed by atoms with van der Waals surface area (Å²) in [6.45, 7) is 11.3. The van der Waals surface area contributed by atoms with E-state index in [9.17, 15) is 0 Å². The molecule has 0 aliphatic carbocycles. The quantitative estimate of drug-likeness (QED) is 0.631. The molecule has 0 saturated carbocycles. The Kier molecular flexibility index (Phi) is 2.45. The van der Waals surface area contributed by atoms with Crippen LogP contribution in [0.15, 0.2) is 12.1 Å². The molecule has 1 aliphatic heterocycles. The van der Waals surface area contributed by atoms with Gasteiger partial charge in [0, 0.05) is 18.6 Å². The summed E-state index contributed by atoms with van der Waals surface area (Å²) in [5.74, 6) is 0. The standard InChI is InChI=1S/C15H22N/c1-7-12-8-10(2)14-13(9-12)16(6)11(3)15(14,4)5/h8-9H,7H2,1-6H3/q+1. The van der Waals surface area contributed by atoms with Crippen molar-refractivity contribution in [2.75, 3.05) is 7.05 Å². The maximum atomic E-state index is 2.35. The molecule has 0 bridgehead atoms. The summed E-state index contributed by atoms with van der Waals surface area (Å²) in [7, 11) is 2.18. The van der Waals surface area contributed by atoms with Gasteiger partial charge in [-0.3, -0.25) is 0 Å². The molecule has 0 spiro atoms. The summed E-state index contributed by atoms with van der Waals surface area (Å²) in [5.41, 5.74) is 7.40. The highest BCUT2D eigenvalue weighted by Gasteiger charge is 2.42. The fourth-order valence-electron chi connectivity index (χ4n) is 2.90. The van der Waals surface area contributed by atoms with Crippen LogP contribution in [0, 0.1) is 6.92 Å². The minimum absolute atomic E-state index is 0.181. The van der Waals surface area contributed by atoms with E-state index in [4.69, 9.17) is 0 Å². The minimum atomic E-state index is 0.181. The molecule has 0 fully saturated rings. The van der Waals surface area contributed by atoms with Crippen molar-refractivity contribution in [1.29, 1.82) is 0 Å². The van der Waals surface area contributed by atoms with Gasteiger partial charge in [0.15, 0.2) is 5.71 Å². The highest BCUT2D eigenvalue weighted by atomic mass is 15.0. The first-order valence-corrected chi connectivity index (χ1v) is 6.11. The second kappa shape index (κ2) is 3.44. The Labute approximate surface area is 98.8 Å². The van der Waals surface area contributed by atoms with Gasteiger partial charge in [-0.2, -0.15) is 0 Å². The van der Waals surface area contributed by atoms with Crippen LogP contribution in [0.25, 0.3) is 0 Å². The molecule has 0 atom stereocenters. The second-order valence-corrected chi connectivity index (χ2v) is 5.43. The van der Waals surface area contributed by atoms with E-state index in [2.05, 4.69) is 58.4 Å². The van der Waals surface area contributed by atoms with Gasteiger partial charge in [-0.1, -0.05) is 13.0 Å². The first-order valence-electron chi connectivity index (χ1n) is 6.11. The van der Waals surface area contributed by atoms with Gasteiger partial charge in [0.05, 0.1) is 5.41 Å². The predicted molar refractivity (Wildman–Crippen MR) is 70.1 cm³/mol. The van der Waals surface area contributed by atoms with Crippen molar-refractivity contribution in [2.45, 2.75) is 46.5 Å². The molecule has 0 radical (unpaired) electrons. The first kappa shape index (κ1) is 11.4. The summed E-state index contributed by atoms with van der Waals surface area (Å²) in [4.78, 5) is 0. The molecule has 1 heteroatoms. The van der Waals surface area contributed by atoms with Gasteiger partial charge in [-0.05, 0) is 38.3 Å². The van der Waals surface area contributed by atoms with E-state index in [1.165, 1.54) is 28.1 Å². The van der Waals surface area contributed by atoms with Crippen LogP contribution in [0.3, 0.4) is 0 Å². The zero-order valence-corrected chi connectivity index (χ0v) is 11.3. The third kappa shape index (κ3) is 1.34. The van der Waals surface area contributed by atoms with Crippen LogP contribution in [0.1, 0.15) is 44.4 Å². The average Bonchev–Trinajstić information content (AvgIpc) is 2.40. The summed E-state index contributed by atoms with van der Waals surface area (Å²) < 4.78 is 2.35. The number of aryl methyl sites for hydroxylation is 2. The maximum Gasteiger partial charge on any atom is 0.209 e. The molecular formula is C15H22N+. The van der Waals surface area contributed by atoms with Crippen molar-refractivity contribution >= 4 is 11.4 Å². The second-order valence-electron chi connectivity index (χ2n) is 5.43. The molecule has 1 aromatic rings. The Morgan fingerprint density at radius 2 is 1.81 bits per heavy atom. The lowest BCUT2D eigenvalue weighted by molar-refractivity contribution is -0.403. The molecule has 1 heterocycles. The zero-order chi connectivity index (χ0) is 12.1. The third-order valence-electron chi connectivity index (χ3n) is 4.18. The van der Waals surface area contributed by atoms with Crippen molar-refractivity contribution in [3.63, 3.8) is 0 Å². The Bertz CT molecular complexity index is 478. The van der Waals surface area contributed by atoms with Crippen molar-refractivity contribution in [3.8, 4) is 0 Å². The van der Waals surface area contributed by atoms with Crippen LogP contribution < -0.4 is 0 Å². The Morgan fingerprint density at radius 3 is 2.38 bits per heavy atom.